The van der Waals surface area contributed by atoms with E-state index in [1.165, 1.54) is 35.8 Å². The van der Waals surface area contributed by atoms with Gasteiger partial charge in [-0.05, 0) is 43.2 Å². The molecule has 0 radical (unpaired) electrons. The Kier molecular flexibility index (Phi) is 7.34. The summed E-state index contributed by atoms with van der Waals surface area (Å²) in [5.74, 6) is 0.388. The third kappa shape index (κ3) is 5.75. The fourth-order valence-electron chi connectivity index (χ4n) is 2.26. The summed E-state index contributed by atoms with van der Waals surface area (Å²) in [4.78, 5) is 5.39. The van der Waals surface area contributed by atoms with Crippen LogP contribution in [-0.4, -0.2) is 39.3 Å². The molecule has 9 heteroatoms. The minimum Gasteiger partial charge on any atom is -0.357 e. The number of aliphatic imine (C=N–C) groups is 1. The summed E-state index contributed by atoms with van der Waals surface area (Å²) in [5.41, 5.74) is 1.51. The smallest absolute Gasteiger partial charge is 0.252 e. The second-order valence-corrected chi connectivity index (χ2v) is 9.69. The number of thiophene rings is 1. The molecule has 2 aromatic rings. The normalized spacial score (nSPS) is 12.4. The Bertz CT molecular complexity index is 908. The van der Waals surface area contributed by atoms with E-state index in [9.17, 15) is 12.8 Å². The highest BCUT2D eigenvalue weighted by Crippen LogP contribution is 2.23. The predicted molar refractivity (Wildman–Crippen MR) is 108 cm³/mol. The van der Waals surface area contributed by atoms with Gasteiger partial charge in [0.2, 0.25) is 0 Å². The molecule has 0 saturated carbocycles. The zero-order chi connectivity index (χ0) is 20.0. The van der Waals surface area contributed by atoms with E-state index in [0.29, 0.717) is 35.4 Å². The lowest BCUT2D eigenvalue weighted by Gasteiger charge is -2.11. The molecular formula is C18H25FN4O2S2. The van der Waals surface area contributed by atoms with Gasteiger partial charge in [0, 0.05) is 25.5 Å². The first kappa shape index (κ1) is 21.3. The summed E-state index contributed by atoms with van der Waals surface area (Å²) in [7, 11) is -0.383. The van der Waals surface area contributed by atoms with Crippen LogP contribution in [0.15, 0.2) is 39.5 Å². The standard InChI is InChI=1S/C18H25FN4O2S2/c1-5-20-18(21-11-14-6-8-16(19)13(2)10-14)22-12-15-7-9-17(26-15)27(24,25)23(3)4/h6-10H,5,11-12H2,1-4H3,(H2,20,21,22). The summed E-state index contributed by atoms with van der Waals surface area (Å²) >= 11 is 1.23. The monoisotopic (exact) mass is 412 g/mol. The number of nitrogens with one attached hydrogen (secondary N) is 2. The number of aryl methyl sites for hydroxylation is 1. The Balaban J connectivity index is 2.04. The number of guanidine groups is 1. The van der Waals surface area contributed by atoms with Gasteiger partial charge in [-0.1, -0.05) is 12.1 Å². The highest BCUT2D eigenvalue weighted by atomic mass is 32.2. The van der Waals surface area contributed by atoms with E-state index in [2.05, 4.69) is 15.6 Å². The molecule has 1 aromatic carbocycles. The Labute approximate surface area is 164 Å². The van der Waals surface area contributed by atoms with Crippen molar-refractivity contribution in [2.75, 3.05) is 20.6 Å². The Morgan fingerprint density at radius 3 is 2.59 bits per heavy atom. The molecule has 2 N–H and O–H groups in total. The van der Waals surface area contributed by atoms with Gasteiger partial charge in [0.05, 0.1) is 13.1 Å². The van der Waals surface area contributed by atoms with Crippen LogP contribution in [0.2, 0.25) is 0 Å². The van der Waals surface area contributed by atoms with Crippen molar-refractivity contribution in [3.05, 3.63) is 52.2 Å². The second kappa shape index (κ2) is 9.29. The zero-order valence-corrected chi connectivity index (χ0v) is 17.5. The highest BCUT2D eigenvalue weighted by molar-refractivity contribution is 7.91. The molecule has 27 heavy (non-hydrogen) atoms. The molecule has 2 rings (SSSR count). The van der Waals surface area contributed by atoms with Crippen LogP contribution in [-0.2, 0) is 23.1 Å². The van der Waals surface area contributed by atoms with E-state index in [4.69, 9.17) is 0 Å². The van der Waals surface area contributed by atoms with Crippen molar-refractivity contribution >= 4 is 27.3 Å². The lowest BCUT2D eigenvalue weighted by atomic mass is 10.1. The molecule has 0 aliphatic rings. The number of halogens is 1. The average Bonchev–Trinajstić information content (AvgIpc) is 3.10. The lowest BCUT2D eigenvalue weighted by molar-refractivity contribution is 0.523. The van der Waals surface area contributed by atoms with Crippen molar-refractivity contribution in [3.63, 3.8) is 0 Å². The first-order valence-electron chi connectivity index (χ1n) is 8.52. The van der Waals surface area contributed by atoms with Crippen molar-refractivity contribution in [1.29, 1.82) is 0 Å². The maximum absolute atomic E-state index is 13.4. The van der Waals surface area contributed by atoms with Crippen LogP contribution in [0.5, 0.6) is 0 Å². The van der Waals surface area contributed by atoms with E-state index in [0.717, 1.165) is 10.4 Å². The molecule has 0 fully saturated rings. The summed E-state index contributed by atoms with van der Waals surface area (Å²) in [6, 6.07) is 8.34. The van der Waals surface area contributed by atoms with E-state index in [1.54, 1.807) is 31.2 Å². The Hall–Kier alpha value is -1.97. The fraction of sp³-hybridized carbons (Fsp3) is 0.389. The Morgan fingerprint density at radius 1 is 1.22 bits per heavy atom. The molecule has 1 aromatic heterocycles. The maximum atomic E-state index is 13.4. The molecule has 0 saturated heterocycles. The van der Waals surface area contributed by atoms with Crippen LogP contribution < -0.4 is 10.6 Å². The van der Waals surface area contributed by atoms with Gasteiger partial charge in [0.15, 0.2) is 5.96 Å². The first-order valence-corrected chi connectivity index (χ1v) is 10.8. The number of hydrogen-bond acceptors (Lipinski definition) is 4. The summed E-state index contributed by atoms with van der Waals surface area (Å²) < 4.78 is 39.2. The minimum atomic E-state index is -3.41. The second-order valence-electron chi connectivity index (χ2n) is 6.14. The van der Waals surface area contributed by atoms with Gasteiger partial charge < -0.3 is 10.6 Å². The minimum absolute atomic E-state index is 0.228. The molecule has 0 amide bonds. The number of sulfonamides is 1. The maximum Gasteiger partial charge on any atom is 0.252 e. The van der Waals surface area contributed by atoms with E-state index in [1.807, 2.05) is 6.92 Å². The number of rotatable bonds is 7. The largest absolute Gasteiger partial charge is 0.357 e. The van der Waals surface area contributed by atoms with E-state index < -0.39 is 10.0 Å². The van der Waals surface area contributed by atoms with Gasteiger partial charge in [-0.25, -0.2) is 22.1 Å². The number of hydrogen-bond donors (Lipinski definition) is 2. The van der Waals surface area contributed by atoms with Gasteiger partial charge in [-0.15, -0.1) is 11.3 Å². The molecule has 0 unspecified atom stereocenters. The third-order valence-electron chi connectivity index (χ3n) is 3.79. The molecule has 0 atom stereocenters. The van der Waals surface area contributed by atoms with Gasteiger partial charge in [0.1, 0.15) is 10.0 Å². The van der Waals surface area contributed by atoms with Crippen molar-refractivity contribution in [2.24, 2.45) is 4.99 Å². The molecule has 1 heterocycles. The summed E-state index contributed by atoms with van der Waals surface area (Å²) in [5, 5.41) is 6.34. The molecule has 0 spiro atoms. The fourth-order valence-corrected chi connectivity index (χ4v) is 4.72. The van der Waals surface area contributed by atoms with Gasteiger partial charge in [-0.3, -0.25) is 0 Å². The predicted octanol–water partition coefficient (Wildman–Crippen LogP) is 2.70. The van der Waals surface area contributed by atoms with Crippen molar-refractivity contribution in [3.8, 4) is 0 Å². The molecule has 6 nitrogen and oxygen atoms in total. The van der Waals surface area contributed by atoms with Gasteiger partial charge in [-0.2, -0.15) is 0 Å². The molecule has 148 valence electrons. The van der Waals surface area contributed by atoms with Crippen molar-refractivity contribution in [2.45, 2.75) is 31.1 Å². The van der Waals surface area contributed by atoms with E-state index in [-0.39, 0.29) is 5.82 Å². The summed E-state index contributed by atoms with van der Waals surface area (Å²) in [6.07, 6.45) is 0. The van der Waals surface area contributed by atoms with Crippen LogP contribution in [0.1, 0.15) is 22.9 Å². The average molecular weight is 413 g/mol. The third-order valence-corrected chi connectivity index (χ3v) is 7.16. The van der Waals surface area contributed by atoms with Gasteiger partial charge >= 0.3 is 0 Å². The number of benzene rings is 1. The van der Waals surface area contributed by atoms with Crippen LogP contribution in [0.4, 0.5) is 4.39 Å². The van der Waals surface area contributed by atoms with E-state index >= 15 is 0 Å². The van der Waals surface area contributed by atoms with Crippen LogP contribution >= 0.6 is 11.3 Å². The first-order chi connectivity index (χ1) is 12.7. The zero-order valence-electron chi connectivity index (χ0n) is 15.9. The topological polar surface area (TPSA) is 73.8 Å². The highest BCUT2D eigenvalue weighted by Gasteiger charge is 2.19. The lowest BCUT2D eigenvalue weighted by Crippen LogP contribution is -2.36. The molecule has 0 aliphatic heterocycles. The molecule has 0 bridgehead atoms. The number of nitrogens with zero attached hydrogens (tertiary/aromatic N) is 2. The molecular weight excluding hydrogens is 387 g/mol. The van der Waals surface area contributed by atoms with Gasteiger partial charge in [0.25, 0.3) is 10.0 Å². The van der Waals surface area contributed by atoms with Crippen LogP contribution in [0.3, 0.4) is 0 Å². The molecule has 0 aliphatic carbocycles. The summed E-state index contributed by atoms with van der Waals surface area (Å²) in [6.45, 7) is 5.26. The van der Waals surface area contributed by atoms with Crippen molar-refractivity contribution in [1.82, 2.24) is 14.9 Å². The quantitative estimate of drug-likeness (QED) is 0.542. The Morgan fingerprint density at radius 2 is 1.96 bits per heavy atom. The SMILES string of the molecule is CCNC(=NCc1ccc(F)c(C)c1)NCc1ccc(S(=O)(=O)N(C)C)s1. The van der Waals surface area contributed by atoms with Crippen molar-refractivity contribution < 1.29 is 12.8 Å². The van der Waals surface area contributed by atoms with Crippen LogP contribution in [0, 0.1) is 12.7 Å². The van der Waals surface area contributed by atoms with Crippen LogP contribution in [0.25, 0.3) is 0 Å².